The van der Waals surface area contributed by atoms with Gasteiger partial charge < -0.3 is 10.2 Å². The fourth-order valence-electron chi connectivity index (χ4n) is 3.53. The van der Waals surface area contributed by atoms with Gasteiger partial charge in [0.15, 0.2) is 15.5 Å². The number of sulfone groups is 1. The second kappa shape index (κ2) is 8.04. The Balaban J connectivity index is 1.40. The van der Waals surface area contributed by atoms with E-state index in [2.05, 4.69) is 20.6 Å². The normalized spacial score (nSPS) is 15.8. The molecule has 1 aliphatic heterocycles. The van der Waals surface area contributed by atoms with Crippen molar-refractivity contribution in [3.8, 4) is 0 Å². The van der Waals surface area contributed by atoms with Crippen molar-refractivity contribution in [1.82, 2.24) is 19.8 Å². The lowest BCUT2D eigenvalue weighted by molar-refractivity contribution is -0.146. The predicted octanol–water partition coefficient (Wildman–Crippen LogP) is 2.40. The molecule has 0 saturated carbocycles. The zero-order chi connectivity index (χ0) is 23.1. The number of nitrogens with one attached hydrogen (secondary N) is 1. The third-order valence-electron chi connectivity index (χ3n) is 5.24. The van der Waals surface area contributed by atoms with E-state index in [1.807, 2.05) is 4.90 Å². The Morgan fingerprint density at radius 1 is 1.06 bits per heavy atom. The molecule has 1 N–H and O–H groups in total. The number of hydrogen-bond donors (Lipinski definition) is 1. The number of nitrogens with zero attached hydrogens (tertiary/aromatic N) is 5. The number of alkyl halides is 3. The average molecular weight is 468 g/mol. The summed E-state index contributed by atoms with van der Waals surface area (Å²) in [4.78, 5) is 14.6. The summed E-state index contributed by atoms with van der Waals surface area (Å²) in [5.74, 6) is -1.33. The van der Waals surface area contributed by atoms with Crippen molar-refractivity contribution >= 4 is 32.9 Å². The van der Waals surface area contributed by atoms with Crippen molar-refractivity contribution in [3.05, 3.63) is 42.2 Å². The SMILES string of the molecule is CS(=O)(=O)c1ccc(NC(=O)C2CCN(c3ccc4nnc(C(F)(F)F)n4n3)CC2)cc1. The smallest absolute Gasteiger partial charge is 0.355 e. The van der Waals surface area contributed by atoms with Crippen LogP contribution in [0.3, 0.4) is 0 Å². The summed E-state index contributed by atoms with van der Waals surface area (Å²) in [6.07, 6.45) is -2.59. The van der Waals surface area contributed by atoms with Crippen LogP contribution in [-0.2, 0) is 20.8 Å². The Hall–Kier alpha value is -3.22. The average Bonchev–Trinajstić information content (AvgIpc) is 3.17. The Bertz CT molecular complexity index is 1250. The number of aromatic nitrogens is 4. The summed E-state index contributed by atoms with van der Waals surface area (Å²) >= 11 is 0. The molecular weight excluding hydrogens is 449 g/mol. The van der Waals surface area contributed by atoms with E-state index in [0.29, 0.717) is 42.0 Å². The molecule has 3 heterocycles. The molecule has 1 aliphatic rings. The molecule has 170 valence electrons. The standard InChI is InChI=1S/C19H19F3N6O3S/c1-32(30,31)14-4-2-13(3-5-14)23-17(29)12-8-10-27(11-9-12)16-7-6-15-24-25-18(19(20,21)22)28(15)26-16/h2-7,12H,8-11H2,1H3,(H,23,29). The first-order valence-electron chi connectivity index (χ1n) is 9.68. The van der Waals surface area contributed by atoms with E-state index in [0.717, 1.165) is 6.26 Å². The van der Waals surface area contributed by atoms with E-state index < -0.39 is 21.8 Å². The van der Waals surface area contributed by atoms with Crippen molar-refractivity contribution in [2.45, 2.75) is 23.9 Å². The van der Waals surface area contributed by atoms with Gasteiger partial charge in [0.25, 0.3) is 5.82 Å². The second-order valence-electron chi connectivity index (χ2n) is 7.53. The molecule has 3 aromatic rings. The molecule has 1 fully saturated rings. The molecular formula is C19H19F3N6O3S. The van der Waals surface area contributed by atoms with Gasteiger partial charge in [-0.15, -0.1) is 15.3 Å². The number of anilines is 2. The van der Waals surface area contributed by atoms with Gasteiger partial charge in [-0.25, -0.2) is 8.42 Å². The maximum atomic E-state index is 13.1. The topological polar surface area (TPSA) is 110 Å². The van der Waals surface area contributed by atoms with Gasteiger partial charge >= 0.3 is 6.18 Å². The third-order valence-corrected chi connectivity index (χ3v) is 6.37. The molecule has 32 heavy (non-hydrogen) atoms. The van der Waals surface area contributed by atoms with Gasteiger partial charge in [-0.05, 0) is 49.2 Å². The van der Waals surface area contributed by atoms with Gasteiger partial charge in [0, 0.05) is 31.0 Å². The third kappa shape index (κ3) is 4.52. The molecule has 13 heteroatoms. The molecule has 4 rings (SSSR count). The van der Waals surface area contributed by atoms with Crippen molar-refractivity contribution in [1.29, 1.82) is 0 Å². The molecule has 0 aliphatic carbocycles. The van der Waals surface area contributed by atoms with Crippen LogP contribution in [0.4, 0.5) is 24.7 Å². The molecule has 1 aromatic carbocycles. The zero-order valence-corrected chi connectivity index (χ0v) is 17.7. The second-order valence-corrected chi connectivity index (χ2v) is 9.55. The highest BCUT2D eigenvalue weighted by atomic mass is 32.2. The number of piperidine rings is 1. The van der Waals surface area contributed by atoms with Crippen LogP contribution in [0.5, 0.6) is 0 Å². The summed E-state index contributed by atoms with van der Waals surface area (Å²) in [6, 6.07) is 8.91. The van der Waals surface area contributed by atoms with Crippen LogP contribution >= 0.6 is 0 Å². The molecule has 0 radical (unpaired) electrons. The van der Waals surface area contributed by atoms with E-state index in [1.165, 1.54) is 30.3 Å². The Kier molecular flexibility index (Phi) is 5.53. The fraction of sp³-hybridized carbons (Fsp3) is 0.368. The molecule has 9 nitrogen and oxygen atoms in total. The number of carbonyl (C=O) groups excluding carboxylic acids is 1. The Morgan fingerprint density at radius 2 is 1.72 bits per heavy atom. The van der Waals surface area contributed by atoms with Gasteiger partial charge in [-0.2, -0.15) is 17.7 Å². The number of hydrogen-bond acceptors (Lipinski definition) is 7. The maximum absolute atomic E-state index is 13.1. The Labute approximate surface area is 181 Å². The summed E-state index contributed by atoms with van der Waals surface area (Å²) in [5.41, 5.74) is 0.487. The number of benzene rings is 1. The molecule has 1 amide bonds. The minimum atomic E-state index is -4.67. The highest BCUT2D eigenvalue weighted by Crippen LogP contribution is 2.29. The van der Waals surface area contributed by atoms with Crippen LogP contribution < -0.4 is 10.2 Å². The summed E-state index contributed by atoms with van der Waals surface area (Å²) in [6.45, 7) is 0.875. The van der Waals surface area contributed by atoms with Crippen molar-refractivity contribution < 1.29 is 26.4 Å². The van der Waals surface area contributed by atoms with Crippen LogP contribution in [0, 0.1) is 5.92 Å². The maximum Gasteiger partial charge on any atom is 0.453 e. The monoisotopic (exact) mass is 468 g/mol. The summed E-state index contributed by atoms with van der Waals surface area (Å²) < 4.78 is 62.9. The quantitative estimate of drug-likeness (QED) is 0.626. The predicted molar refractivity (Wildman–Crippen MR) is 109 cm³/mol. The molecule has 0 bridgehead atoms. The van der Waals surface area contributed by atoms with Gasteiger partial charge in [0.1, 0.15) is 5.82 Å². The first kappa shape index (κ1) is 22.0. The van der Waals surface area contributed by atoms with E-state index in [4.69, 9.17) is 0 Å². The van der Waals surface area contributed by atoms with Crippen LogP contribution in [0.2, 0.25) is 0 Å². The zero-order valence-electron chi connectivity index (χ0n) is 16.9. The van der Waals surface area contributed by atoms with E-state index >= 15 is 0 Å². The molecule has 1 saturated heterocycles. The number of carbonyl (C=O) groups is 1. The van der Waals surface area contributed by atoms with Crippen molar-refractivity contribution in [3.63, 3.8) is 0 Å². The lowest BCUT2D eigenvalue weighted by Gasteiger charge is -2.32. The van der Waals surface area contributed by atoms with Gasteiger partial charge in [0.2, 0.25) is 5.91 Å². The molecule has 0 unspecified atom stereocenters. The minimum Gasteiger partial charge on any atom is -0.355 e. The van der Waals surface area contributed by atoms with Crippen LogP contribution in [-0.4, -0.2) is 53.5 Å². The highest BCUT2D eigenvalue weighted by molar-refractivity contribution is 7.90. The van der Waals surface area contributed by atoms with E-state index in [1.54, 1.807) is 6.07 Å². The summed E-state index contributed by atoms with van der Waals surface area (Å²) in [5, 5.41) is 13.5. The molecule has 0 spiro atoms. The van der Waals surface area contributed by atoms with Gasteiger partial charge in [0.05, 0.1) is 4.90 Å². The van der Waals surface area contributed by atoms with Crippen molar-refractivity contribution in [2.24, 2.45) is 5.92 Å². The lowest BCUT2D eigenvalue weighted by Crippen LogP contribution is -2.38. The largest absolute Gasteiger partial charge is 0.453 e. The fourth-order valence-corrected chi connectivity index (χ4v) is 4.16. The van der Waals surface area contributed by atoms with E-state index in [9.17, 15) is 26.4 Å². The lowest BCUT2D eigenvalue weighted by atomic mass is 9.96. The van der Waals surface area contributed by atoms with Crippen LogP contribution in [0.15, 0.2) is 41.3 Å². The number of rotatable bonds is 4. The minimum absolute atomic E-state index is 0.00256. The van der Waals surface area contributed by atoms with Crippen LogP contribution in [0.1, 0.15) is 18.7 Å². The number of amides is 1. The first-order chi connectivity index (χ1) is 15.0. The number of halogens is 3. The molecule has 0 atom stereocenters. The summed E-state index contributed by atoms with van der Waals surface area (Å²) in [7, 11) is -3.32. The van der Waals surface area contributed by atoms with Crippen LogP contribution in [0.25, 0.3) is 5.65 Å². The van der Waals surface area contributed by atoms with Crippen molar-refractivity contribution in [2.75, 3.05) is 29.6 Å². The Morgan fingerprint density at radius 3 is 2.31 bits per heavy atom. The molecule has 2 aromatic heterocycles. The number of fused-ring (bicyclic) bond motifs is 1. The highest BCUT2D eigenvalue weighted by Gasteiger charge is 2.38. The van der Waals surface area contributed by atoms with Gasteiger partial charge in [-0.1, -0.05) is 0 Å². The van der Waals surface area contributed by atoms with Gasteiger partial charge in [-0.3, -0.25) is 4.79 Å². The first-order valence-corrected chi connectivity index (χ1v) is 11.6. The van der Waals surface area contributed by atoms with E-state index in [-0.39, 0.29) is 22.4 Å².